The molecular formula is C20H33Cl2N3O. The molecule has 0 spiro atoms. The molecule has 0 saturated carbocycles. The van der Waals surface area contributed by atoms with Crippen LogP contribution in [0.5, 0.6) is 0 Å². The molecule has 1 amide bonds. The lowest BCUT2D eigenvalue weighted by molar-refractivity contribution is -0.132. The summed E-state index contributed by atoms with van der Waals surface area (Å²) < 4.78 is 0. The average Bonchev–Trinajstić information content (AvgIpc) is 2.86. The Balaban J connectivity index is 0.00000169. The van der Waals surface area contributed by atoms with Gasteiger partial charge >= 0.3 is 0 Å². The van der Waals surface area contributed by atoms with Crippen molar-refractivity contribution in [3.05, 3.63) is 29.8 Å². The van der Waals surface area contributed by atoms with Gasteiger partial charge in [-0.05, 0) is 62.4 Å². The number of carbonyl (C=O) groups excluding carboxylic acids is 1. The number of hydrogen-bond donors (Lipinski definition) is 1. The lowest BCUT2D eigenvalue weighted by atomic mass is 9.96. The summed E-state index contributed by atoms with van der Waals surface area (Å²) >= 11 is 0. The van der Waals surface area contributed by atoms with Gasteiger partial charge in [0.25, 0.3) is 0 Å². The average molecular weight is 402 g/mol. The van der Waals surface area contributed by atoms with E-state index in [4.69, 9.17) is 5.73 Å². The summed E-state index contributed by atoms with van der Waals surface area (Å²) in [4.78, 5) is 17.3. The van der Waals surface area contributed by atoms with Crippen LogP contribution in [0, 0.1) is 5.92 Å². The first kappa shape index (κ1) is 23.1. The Morgan fingerprint density at radius 2 is 1.62 bits per heavy atom. The van der Waals surface area contributed by atoms with Crippen LogP contribution in [0.2, 0.25) is 0 Å². The van der Waals surface area contributed by atoms with E-state index >= 15 is 0 Å². The first-order chi connectivity index (χ1) is 11.7. The van der Waals surface area contributed by atoms with Gasteiger partial charge in [0.05, 0.1) is 6.42 Å². The van der Waals surface area contributed by atoms with Gasteiger partial charge in [0, 0.05) is 25.3 Å². The van der Waals surface area contributed by atoms with Gasteiger partial charge < -0.3 is 15.5 Å². The van der Waals surface area contributed by atoms with Crippen molar-refractivity contribution in [3.8, 4) is 0 Å². The van der Waals surface area contributed by atoms with Crippen molar-refractivity contribution in [2.75, 3.05) is 38.5 Å². The third kappa shape index (κ3) is 6.98. The molecule has 26 heavy (non-hydrogen) atoms. The van der Waals surface area contributed by atoms with E-state index in [2.05, 4.69) is 9.80 Å². The van der Waals surface area contributed by atoms with Crippen molar-refractivity contribution in [1.29, 1.82) is 0 Å². The molecule has 1 aromatic carbocycles. The Morgan fingerprint density at radius 1 is 0.962 bits per heavy atom. The normalized spacial score (nSPS) is 21.2. The number of piperidine rings is 1. The van der Waals surface area contributed by atoms with Crippen LogP contribution in [0.1, 0.15) is 44.1 Å². The number of nitrogens with two attached hydrogens (primary N) is 1. The van der Waals surface area contributed by atoms with Gasteiger partial charge in [-0.1, -0.05) is 25.0 Å². The van der Waals surface area contributed by atoms with Gasteiger partial charge in [-0.25, -0.2) is 0 Å². The fourth-order valence-corrected chi connectivity index (χ4v) is 4.05. The number of benzene rings is 1. The molecule has 1 aromatic rings. The van der Waals surface area contributed by atoms with Gasteiger partial charge in [0.1, 0.15) is 0 Å². The molecule has 2 aliphatic rings. The molecule has 4 nitrogen and oxygen atoms in total. The second-order valence-corrected chi connectivity index (χ2v) is 7.48. The first-order valence-corrected chi connectivity index (χ1v) is 9.55. The molecule has 0 aliphatic carbocycles. The van der Waals surface area contributed by atoms with Crippen molar-refractivity contribution in [2.45, 2.75) is 44.9 Å². The van der Waals surface area contributed by atoms with Gasteiger partial charge in [-0.2, -0.15) is 0 Å². The van der Waals surface area contributed by atoms with Crippen molar-refractivity contribution >= 4 is 36.4 Å². The van der Waals surface area contributed by atoms with Crippen LogP contribution in [0.15, 0.2) is 24.3 Å². The van der Waals surface area contributed by atoms with Gasteiger partial charge in [0.2, 0.25) is 5.91 Å². The summed E-state index contributed by atoms with van der Waals surface area (Å²) in [5.74, 6) is 0.910. The standard InChI is InChI=1S/C20H31N3O.2ClH/c21-19-9-7-17(8-10-19)14-20(24)23-13-5-6-18(16-23)15-22-11-3-1-2-4-12-22;;/h7-10,18H,1-6,11-16,21H2;2*1H. The number of anilines is 1. The number of rotatable bonds is 4. The van der Waals surface area contributed by atoms with E-state index in [1.54, 1.807) is 0 Å². The van der Waals surface area contributed by atoms with Crippen LogP contribution in [0.4, 0.5) is 5.69 Å². The molecule has 2 fully saturated rings. The van der Waals surface area contributed by atoms with Crippen LogP contribution in [-0.2, 0) is 11.2 Å². The zero-order chi connectivity index (χ0) is 16.8. The summed E-state index contributed by atoms with van der Waals surface area (Å²) in [5.41, 5.74) is 7.53. The van der Waals surface area contributed by atoms with Crippen molar-refractivity contribution in [2.24, 2.45) is 5.92 Å². The molecule has 2 N–H and O–H groups in total. The zero-order valence-electron chi connectivity index (χ0n) is 15.6. The number of nitrogen functional groups attached to an aromatic ring is 1. The Labute approximate surface area is 170 Å². The maximum Gasteiger partial charge on any atom is 0.226 e. The zero-order valence-corrected chi connectivity index (χ0v) is 17.2. The largest absolute Gasteiger partial charge is 0.399 e. The van der Waals surface area contributed by atoms with Crippen LogP contribution in [0.3, 0.4) is 0 Å². The second-order valence-electron chi connectivity index (χ2n) is 7.48. The highest BCUT2D eigenvalue weighted by Gasteiger charge is 2.25. The van der Waals surface area contributed by atoms with Crippen LogP contribution in [0.25, 0.3) is 0 Å². The van der Waals surface area contributed by atoms with Gasteiger partial charge in [0.15, 0.2) is 0 Å². The lowest BCUT2D eigenvalue weighted by Crippen LogP contribution is -2.44. The summed E-state index contributed by atoms with van der Waals surface area (Å²) in [7, 11) is 0. The number of likely N-dealkylation sites (tertiary alicyclic amines) is 2. The molecule has 2 aliphatic heterocycles. The maximum absolute atomic E-state index is 12.6. The minimum Gasteiger partial charge on any atom is -0.399 e. The molecule has 0 bridgehead atoms. The Morgan fingerprint density at radius 3 is 2.27 bits per heavy atom. The Kier molecular flexibility index (Phi) is 10.4. The highest BCUT2D eigenvalue weighted by molar-refractivity contribution is 5.85. The van der Waals surface area contributed by atoms with E-state index in [0.717, 1.165) is 30.8 Å². The van der Waals surface area contributed by atoms with E-state index < -0.39 is 0 Å². The Hall–Kier alpha value is -0.970. The predicted octanol–water partition coefficient (Wildman–Crippen LogP) is 3.77. The molecule has 1 unspecified atom stereocenters. The number of carbonyl (C=O) groups is 1. The molecule has 0 radical (unpaired) electrons. The molecular weight excluding hydrogens is 369 g/mol. The SMILES string of the molecule is Cl.Cl.Nc1ccc(CC(=O)N2CCCC(CN3CCCCCC3)C2)cc1. The van der Waals surface area contributed by atoms with Crippen LogP contribution < -0.4 is 5.73 Å². The topological polar surface area (TPSA) is 49.6 Å². The fraction of sp³-hybridized carbons (Fsp3) is 0.650. The predicted molar refractivity (Wildman–Crippen MR) is 113 cm³/mol. The highest BCUT2D eigenvalue weighted by atomic mass is 35.5. The molecule has 2 saturated heterocycles. The number of nitrogens with zero attached hydrogens (tertiary/aromatic N) is 2. The van der Waals surface area contributed by atoms with E-state index in [1.807, 2.05) is 24.3 Å². The minimum atomic E-state index is 0. The Bertz CT molecular complexity index is 530. The number of halogens is 2. The second kappa shape index (κ2) is 11.7. The van der Waals surface area contributed by atoms with Crippen molar-refractivity contribution in [1.82, 2.24) is 9.80 Å². The summed E-state index contributed by atoms with van der Waals surface area (Å²) in [6.07, 6.45) is 8.35. The third-order valence-corrected chi connectivity index (χ3v) is 5.42. The van der Waals surface area contributed by atoms with Crippen molar-refractivity contribution < 1.29 is 4.79 Å². The molecule has 1 atom stereocenters. The number of amides is 1. The summed E-state index contributed by atoms with van der Waals surface area (Å²) in [6.45, 7) is 5.52. The minimum absolute atomic E-state index is 0. The monoisotopic (exact) mass is 401 g/mol. The smallest absolute Gasteiger partial charge is 0.226 e. The summed E-state index contributed by atoms with van der Waals surface area (Å²) in [5, 5.41) is 0. The molecule has 0 aromatic heterocycles. The maximum atomic E-state index is 12.6. The highest BCUT2D eigenvalue weighted by Crippen LogP contribution is 2.20. The van der Waals surface area contributed by atoms with E-state index in [-0.39, 0.29) is 30.7 Å². The van der Waals surface area contributed by atoms with Crippen molar-refractivity contribution in [3.63, 3.8) is 0 Å². The lowest BCUT2D eigenvalue weighted by Gasteiger charge is -2.35. The van der Waals surface area contributed by atoms with E-state index in [9.17, 15) is 4.79 Å². The third-order valence-electron chi connectivity index (χ3n) is 5.42. The molecule has 6 heteroatoms. The van der Waals surface area contributed by atoms with Gasteiger partial charge in [-0.3, -0.25) is 4.79 Å². The van der Waals surface area contributed by atoms with Crippen LogP contribution >= 0.6 is 24.8 Å². The number of hydrogen-bond acceptors (Lipinski definition) is 3. The molecule has 3 rings (SSSR count). The van der Waals surface area contributed by atoms with Gasteiger partial charge in [-0.15, -0.1) is 24.8 Å². The summed E-state index contributed by atoms with van der Waals surface area (Å²) in [6, 6.07) is 7.68. The molecule has 2 heterocycles. The molecule has 148 valence electrons. The van der Waals surface area contributed by atoms with Crippen LogP contribution in [-0.4, -0.2) is 48.4 Å². The quantitative estimate of drug-likeness (QED) is 0.780. The fourth-order valence-electron chi connectivity index (χ4n) is 4.05. The van der Waals surface area contributed by atoms with E-state index in [0.29, 0.717) is 12.3 Å². The first-order valence-electron chi connectivity index (χ1n) is 9.55. The van der Waals surface area contributed by atoms with E-state index in [1.165, 1.54) is 51.7 Å².